The summed E-state index contributed by atoms with van der Waals surface area (Å²) < 4.78 is 5.87. The van der Waals surface area contributed by atoms with Crippen LogP contribution in [-0.4, -0.2) is 33.6 Å². The number of amides is 1. The number of carbonyl (C=O) groups excluding carboxylic acids is 1. The van der Waals surface area contributed by atoms with Gasteiger partial charge in [0.2, 0.25) is 0 Å². The fourth-order valence-electron chi connectivity index (χ4n) is 3.33. The Morgan fingerprint density at radius 2 is 1.94 bits per heavy atom. The van der Waals surface area contributed by atoms with Crippen LogP contribution in [0.1, 0.15) is 34.2 Å². The van der Waals surface area contributed by atoms with E-state index in [0.29, 0.717) is 33.7 Å². The maximum absolute atomic E-state index is 12.9. The lowest BCUT2D eigenvalue weighted by Gasteiger charge is -2.12. The maximum atomic E-state index is 12.9. The van der Waals surface area contributed by atoms with Gasteiger partial charge in [0.15, 0.2) is 5.17 Å². The quantitative estimate of drug-likeness (QED) is 0.419. The number of amidine groups is 1. The molecule has 0 spiro atoms. The number of halogens is 1. The average Bonchev–Trinajstić information content (AvgIpc) is 3.35. The van der Waals surface area contributed by atoms with Gasteiger partial charge in [-0.2, -0.15) is 0 Å². The van der Waals surface area contributed by atoms with Gasteiger partial charge in [-0.15, -0.1) is 0 Å². The topological polar surface area (TPSA) is 83.1 Å². The van der Waals surface area contributed by atoms with Gasteiger partial charge in [0.05, 0.1) is 21.2 Å². The van der Waals surface area contributed by atoms with E-state index in [1.54, 1.807) is 29.2 Å². The van der Waals surface area contributed by atoms with Crippen LogP contribution in [0.2, 0.25) is 5.02 Å². The Hall–Kier alpha value is -3.29. The van der Waals surface area contributed by atoms with Crippen molar-refractivity contribution < 1.29 is 19.1 Å². The normalized spacial score (nSPS) is 16.2. The van der Waals surface area contributed by atoms with Gasteiger partial charge in [-0.3, -0.25) is 9.69 Å². The first kappa shape index (κ1) is 22.9. The highest BCUT2D eigenvalue weighted by molar-refractivity contribution is 8.18. The summed E-state index contributed by atoms with van der Waals surface area (Å²) in [5, 5.41) is 10.1. The van der Waals surface area contributed by atoms with E-state index >= 15 is 0 Å². The Morgan fingerprint density at radius 3 is 2.64 bits per heavy atom. The number of aryl methyl sites for hydroxylation is 2. The maximum Gasteiger partial charge on any atom is 0.337 e. The van der Waals surface area contributed by atoms with Gasteiger partial charge in [-0.1, -0.05) is 17.7 Å². The summed E-state index contributed by atoms with van der Waals surface area (Å²) in [4.78, 5) is 31.1. The van der Waals surface area contributed by atoms with Gasteiger partial charge in [-0.25, -0.2) is 9.79 Å². The monoisotopic (exact) mass is 480 g/mol. The molecule has 1 saturated heterocycles. The molecule has 0 radical (unpaired) electrons. The molecule has 4 rings (SSSR count). The molecule has 0 saturated carbocycles. The molecular weight excluding hydrogens is 460 g/mol. The van der Waals surface area contributed by atoms with Gasteiger partial charge < -0.3 is 9.52 Å². The van der Waals surface area contributed by atoms with Crippen molar-refractivity contribution in [2.24, 2.45) is 4.99 Å². The molecule has 1 aromatic heterocycles. The van der Waals surface area contributed by atoms with E-state index in [1.807, 2.05) is 39.0 Å². The molecule has 1 aliphatic heterocycles. The lowest BCUT2D eigenvalue weighted by Crippen LogP contribution is -2.28. The van der Waals surface area contributed by atoms with Crippen LogP contribution in [0.15, 0.2) is 62.8 Å². The molecule has 168 valence electrons. The lowest BCUT2D eigenvalue weighted by molar-refractivity contribution is -0.122. The Balaban J connectivity index is 1.62. The predicted molar refractivity (Wildman–Crippen MR) is 132 cm³/mol. The zero-order valence-electron chi connectivity index (χ0n) is 18.3. The Kier molecular flexibility index (Phi) is 6.44. The third-order valence-electron chi connectivity index (χ3n) is 5.30. The van der Waals surface area contributed by atoms with Crippen LogP contribution in [0.5, 0.6) is 0 Å². The standard InChI is InChI=1S/C25H21ClN2O4S/c1-4-28-23(29)22(33-25(28)27-17-7-5-14(2)15(3)11-17)13-18-8-10-21(32-18)16-6-9-20(26)19(12-16)24(30)31/h5-13H,4H2,1-3H3,(H,30,31)/b22-13+,27-25?. The van der Waals surface area contributed by atoms with Crippen molar-refractivity contribution in [2.45, 2.75) is 20.8 Å². The highest BCUT2D eigenvalue weighted by atomic mass is 35.5. The molecule has 0 aliphatic carbocycles. The number of furan rings is 1. The first-order valence-electron chi connectivity index (χ1n) is 10.3. The molecule has 1 N–H and O–H groups in total. The van der Waals surface area contributed by atoms with E-state index in [-0.39, 0.29) is 16.5 Å². The highest BCUT2D eigenvalue weighted by Crippen LogP contribution is 2.35. The van der Waals surface area contributed by atoms with Gasteiger partial charge in [0, 0.05) is 18.2 Å². The van der Waals surface area contributed by atoms with E-state index in [4.69, 9.17) is 16.0 Å². The van der Waals surface area contributed by atoms with Crippen molar-refractivity contribution in [3.05, 3.63) is 80.9 Å². The van der Waals surface area contributed by atoms with Crippen molar-refractivity contribution in [3.63, 3.8) is 0 Å². The number of nitrogens with zero attached hydrogens (tertiary/aromatic N) is 2. The van der Waals surface area contributed by atoms with Crippen molar-refractivity contribution in [1.82, 2.24) is 4.90 Å². The molecular formula is C25H21ClN2O4S. The number of benzene rings is 2. The summed E-state index contributed by atoms with van der Waals surface area (Å²) in [5.74, 6) is -0.286. The van der Waals surface area contributed by atoms with Crippen molar-refractivity contribution >= 4 is 52.2 Å². The molecule has 0 unspecified atom stereocenters. The summed E-state index contributed by atoms with van der Waals surface area (Å²) in [6.45, 7) is 6.48. The van der Waals surface area contributed by atoms with E-state index < -0.39 is 5.97 Å². The van der Waals surface area contributed by atoms with Crippen LogP contribution in [0.25, 0.3) is 17.4 Å². The number of carboxylic acids is 1. The minimum Gasteiger partial charge on any atom is -0.478 e. The number of carbonyl (C=O) groups is 2. The molecule has 2 aromatic carbocycles. The number of carboxylic acid groups (broad SMARTS) is 1. The Labute approximate surface area is 200 Å². The molecule has 2 heterocycles. The molecule has 0 bridgehead atoms. The minimum absolute atomic E-state index is 0.00205. The highest BCUT2D eigenvalue weighted by Gasteiger charge is 2.32. The first-order valence-corrected chi connectivity index (χ1v) is 11.5. The number of aromatic carboxylic acids is 1. The van der Waals surface area contributed by atoms with Crippen molar-refractivity contribution in [1.29, 1.82) is 0 Å². The third-order valence-corrected chi connectivity index (χ3v) is 6.64. The fourth-order valence-corrected chi connectivity index (χ4v) is 4.57. The van der Waals surface area contributed by atoms with Crippen LogP contribution >= 0.6 is 23.4 Å². The van der Waals surface area contributed by atoms with Crippen molar-refractivity contribution in [3.8, 4) is 11.3 Å². The van der Waals surface area contributed by atoms with Crippen LogP contribution in [0.3, 0.4) is 0 Å². The molecule has 33 heavy (non-hydrogen) atoms. The van der Waals surface area contributed by atoms with E-state index in [1.165, 1.54) is 29.5 Å². The number of hydrogen-bond donors (Lipinski definition) is 1. The summed E-state index contributed by atoms with van der Waals surface area (Å²) in [5.41, 5.74) is 3.70. The molecule has 3 aromatic rings. The zero-order valence-corrected chi connectivity index (χ0v) is 19.8. The second-order valence-corrected chi connectivity index (χ2v) is 8.94. The molecule has 8 heteroatoms. The molecule has 1 fully saturated rings. The summed E-state index contributed by atoms with van der Waals surface area (Å²) in [6, 6.07) is 14.1. The number of hydrogen-bond acceptors (Lipinski definition) is 5. The Morgan fingerprint density at radius 1 is 1.15 bits per heavy atom. The molecule has 0 atom stereocenters. The van der Waals surface area contributed by atoms with Gasteiger partial charge in [0.25, 0.3) is 5.91 Å². The number of thioether (sulfide) groups is 1. The Bertz CT molecular complexity index is 1330. The summed E-state index contributed by atoms with van der Waals surface area (Å²) in [7, 11) is 0. The molecule has 1 amide bonds. The lowest BCUT2D eigenvalue weighted by atomic mass is 10.1. The second-order valence-electron chi connectivity index (χ2n) is 7.52. The summed E-state index contributed by atoms with van der Waals surface area (Å²) >= 11 is 7.25. The van der Waals surface area contributed by atoms with Gasteiger partial charge in [0.1, 0.15) is 11.5 Å². The van der Waals surface area contributed by atoms with Crippen molar-refractivity contribution in [2.75, 3.05) is 6.54 Å². The zero-order chi connectivity index (χ0) is 23.7. The van der Waals surface area contributed by atoms with Gasteiger partial charge in [-0.05, 0) is 86.1 Å². The van der Waals surface area contributed by atoms with Crippen LogP contribution in [-0.2, 0) is 4.79 Å². The third kappa shape index (κ3) is 4.74. The minimum atomic E-state index is -1.11. The SMILES string of the molecule is CCN1C(=O)/C(=C\c2ccc(-c3ccc(Cl)c(C(=O)O)c3)o2)SC1=Nc1ccc(C)c(C)c1. The smallest absolute Gasteiger partial charge is 0.337 e. The average molecular weight is 481 g/mol. The number of rotatable bonds is 5. The van der Waals surface area contributed by atoms with Crippen LogP contribution in [0.4, 0.5) is 5.69 Å². The second kappa shape index (κ2) is 9.29. The first-order chi connectivity index (χ1) is 15.8. The van der Waals surface area contributed by atoms with E-state index in [0.717, 1.165) is 11.3 Å². The largest absolute Gasteiger partial charge is 0.478 e. The van der Waals surface area contributed by atoms with Gasteiger partial charge >= 0.3 is 5.97 Å². The summed E-state index contributed by atoms with van der Waals surface area (Å²) in [6.07, 6.45) is 1.68. The molecule has 6 nitrogen and oxygen atoms in total. The number of aliphatic imine (C=N–C) groups is 1. The van der Waals surface area contributed by atoms with E-state index in [2.05, 4.69) is 4.99 Å². The van der Waals surface area contributed by atoms with E-state index in [9.17, 15) is 14.7 Å². The fraction of sp³-hybridized carbons (Fsp3) is 0.160. The predicted octanol–water partition coefficient (Wildman–Crippen LogP) is 6.54. The van der Waals surface area contributed by atoms with Crippen LogP contribution in [0, 0.1) is 13.8 Å². The molecule has 1 aliphatic rings. The number of likely N-dealkylation sites (N-methyl/N-ethyl adjacent to an activating group) is 1. The van der Waals surface area contributed by atoms with Crippen LogP contribution < -0.4 is 0 Å².